The summed E-state index contributed by atoms with van der Waals surface area (Å²) in [6.07, 6.45) is 0.337. The van der Waals surface area contributed by atoms with Gasteiger partial charge in [0.25, 0.3) is 19.7 Å². The molecule has 0 aromatic carbocycles. The number of halogens is 6. The fourth-order valence-corrected chi connectivity index (χ4v) is 3.56. The standard InChI is InChI=1S/C7H4F6N2O4S2/c8-6(9,10)20(16,17)3-1-2-15-5(14)4(3)21(18,19)7(11,12)13/h1-2H,(H2,14,15). The van der Waals surface area contributed by atoms with E-state index in [9.17, 15) is 43.2 Å². The van der Waals surface area contributed by atoms with Crippen molar-refractivity contribution in [1.29, 1.82) is 0 Å². The normalized spacial score (nSPS) is 14.2. The summed E-state index contributed by atoms with van der Waals surface area (Å²) in [5, 5.41) is 0. The first-order chi connectivity index (χ1) is 9.14. The Labute approximate surface area is 113 Å². The molecule has 0 bridgehead atoms. The second-order valence-corrected chi connectivity index (χ2v) is 7.21. The zero-order chi connectivity index (χ0) is 16.9. The van der Waals surface area contributed by atoms with Crippen LogP contribution in [-0.4, -0.2) is 32.8 Å². The van der Waals surface area contributed by atoms with Gasteiger partial charge in [-0.25, -0.2) is 21.8 Å². The lowest BCUT2D eigenvalue weighted by molar-refractivity contribution is -0.0456. The molecule has 1 aromatic heterocycles. The Balaban J connectivity index is 3.90. The van der Waals surface area contributed by atoms with Gasteiger partial charge in [-0.15, -0.1) is 0 Å². The third kappa shape index (κ3) is 2.76. The first kappa shape index (κ1) is 17.5. The van der Waals surface area contributed by atoms with Crippen molar-refractivity contribution in [3.05, 3.63) is 12.3 Å². The zero-order valence-electron chi connectivity index (χ0n) is 9.40. The Bertz CT molecular complexity index is 765. The number of rotatable bonds is 2. The van der Waals surface area contributed by atoms with Gasteiger partial charge in [0.15, 0.2) is 0 Å². The predicted octanol–water partition coefficient (Wildman–Crippen LogP) is 1.25. The van der Waals surface area contributed by atoms with Crippen LogP contribution in [-0.2, 0) is 19.7 Å². The van der Waals surface area contributed by atoms with Gasteiger partial charge in [-0.3, -0.25) is 0 Å². The van der Waals surface area contributed by atoms with Crippen molar-refractivity contribution in [1.82, 2.24) is 4.98 Å². The number of alkyl halides is 6. The summed E-state index contributed by atoms with van der Waals surface area (Å²) in [7, 11) is -12.8. The van der Waals surface area contributed by atoms with E-state index in [0.29, 0.717) is 6.20 Å². The number of nitrogens with two attached hydrogens (primary N) is 1. The highest BCUT2D eigenvalue weighted by atomic mass is 32.2. The van der Waals surface area contributed by atoms with E-state index >= 15 is 0 Å². The molecule has 1 rings (SSSR count). The molecule has 2 N–H and O–H groups in total. The number of hydrogen-bond donors (Lipinski definition) is 1. The minimum Gasteiger partial charge on any atom is -0.383 e. The molecule has 120 valence electrons. The Morgan fingerprint density at radius 3 is 1.71 bits per heavy atom. The number of pyridine rings is 1. The lowest BCUT2D eigenvalue weighted by Crippen LogP contribution is -2.30. The number of aromatic nitrogens is 1. The number of anilines is 1. The van der Waals surface area contributed by atoms with Crippen LogP contribution in [0.3, 0.4) is 0 Å². The molecule has 0 spiro atoms. The van der Waals surface area contributed by atoms with Crippen LogP contribution in [0.4, 0.5) is 32.2 Å². The molecule has 1 aromatic rings. The molecule has 0 aliphatic rings. The van der Waals surface area contributed by atoms with Gasteiger partial charge < -0.3 is 5.73 Å². The van der Waals surface area contributed by atoms with E-state index in [1.807, 2.05) is 0 Å². The van der Waals surface area contributed by atoms with E-state index < -0.39 is 46.3 Å². The molecule has 1 heterocycles. The maximum Gasteiger partial charge on any atom is 0.502 e. The first-order valence-electron chi connectivity index (χ1n) is 4.51. The third-order valence-electron chi connectivity index (χ3n) is 2.06. The largest absolute Gasteiger partial charge is 0.502 e. The lowest BCUT2D eigenvalue weighted by Gasteiger charge is -2.15. The van der Waals surface area contributed by atoms with Gasteiger partial charge in [0.2, 0.25) is 0 Å². The average Bonchev–Trinajstić information content (AvgIpc) is 2.24. The summed E-state index contributed by atoms with van der Waals surface area (Å²) in [4.78, 5) is -1.51. The van der Waals surface area contributed by atoms with E-state index in [-0.39, 0.29) is 6.07 Å². The monoisotopic (exact) mass is 358 g/mol. The van der Waals surface area contributed by atoms with Gasteiger partial charge in [0.05, 0.1) is 0 Å². The van der Waals surface area contributed by atoms with Gasteiger partial charge in [-0.1, -0.05) is 0 Å². The summed E-state index contributed by atoms with van der Waals surface area (Å²) >= 11 is 0. The van der Waals surface area contributed by atoms with Crippen molar-refractivity contribution >= 4 is 25.5 Å². The molecular formula is C7H4F6N2O4S2. The molecule has 0 unspecified atom stereocenters. The number of sulfone groups is 2. The second kappa shape index (κ2) is 4.72. The molecule has 0 aliphatic heterocycles. The van der Waals surface area contributed by atoms with Gasteiger partial charge >= 0.3 is 11.0 Å². The van der Waals surface area contributed by atoms with E-state index in [2.05, 4.69) is 4.98 Å². The second-order valence-electron chi connectivity index (χ2n) is 3.42. The molecule has 0 amide bonds. The van der Waals surface area contributed by atoms with Crippen molar-refractivity contribution < 1.29 is 43.2 Å². The van der Waals surface area contributed by atoms with Crippen LogP contribution < -0.4 is 5.73 Å². The smallest absolute Gasteiger partial charge is 0.383 e. The third-order valence-corrected chi connectivity index (χ3v) is 5.30. The van der Waals surface area contributed by atoms with E-state index in [0.717, 1.165) is 0 Å². The Morgan fingerprint density at radius 1 is 0.905 bits per heavy atom. The highest BCUT2D eigenvalue weighted by Gasteiger charge is 2.55. The van der Waals surface area contributed by atoms with Crippen molar-refractivity contribution in [3.8, 4) is 0 Å². The Morgan fingerprint density at radius 2 is 1.33 bits per heavy atom. The van der Waals surface area contributed by atoms with Crippen molar-refractivity contribution in [2.24, 2.45) is 0 Å². The molecular weight excluding hydrogens is 354 g/mol. The van der Waals surface area contributed by atoms with Crippen molar-refractivity contribution in [2.75, 3.05) is 5.73 Å². The quantitative estimate of drug-likeness (QED) is 0.798. The maximum atomic E-state index is 12.4. The van der Waals surface area contributed by atoms with Crippen LogP contribution in [0.15, 0.2) is 22.1 Å². The molecule has 21 heavy (non-hydrogen) atoms. The molecule has 6 nitrogen and oxygen atoms in total. The molecule has 0 atom stereocenters. The van der Waals surface area contributed by atoms with Gasteiger partial charge in [0.1, 0.15) is 15.6 Å². The van der Waals surface area contributed by atoms with E-state index in [4.69, 9.17) is 5.73 Å². The Hall–Kier alpha value is -1.57. The molecule has 0 saturated carbocycles. The molecule has 14 heteroatoms. The highest BCUT2D eigenvalue weighted by Crippen LogP contribution is 2.40. The van der Waals surface area contributed by atoms with Crippen LogP contribution in [0.5, 0.6) is 0 Å². The fourth-order valence-electron chi connectivity index (χ4n) is 1.17. The Kier molecular flexibility index (Phi) is 3.93. The fraction of sp³-hybridized carbons (Fsp3) is 0.286. The topological polar surface area (TPSA) is 107 Å². The minimum atomic E-state index is -6.45. The SMILES string of the molecule is Nc1nccc(S(=O)(=O)C(F)(F)F)c1S(=O)(=O)C(F)(F)F. The molecule has 0 fully saturated rings. The molecule has 0 radical (unpaired) electrons. The predicted molar refractivity (Wildman–Crippen MR) is 55.1 cm³/mol. The highest BCUT2D eigenvalue weighted by molar-refractivity contribution is 7.95. The van der Waals surface area contributed by atoms with Gasteiger partial charge in [-0.05, 0) is 6.07 Å². The summed E-state index contributed by atoms with van der Waals surface area (Å²) < 4.78 is 119. The average molecular weight is 358 g/mol. The van der Waals surface area contributed by atoms with Gasteiger partial charge in [-0.2, -0.15) is 26.3 Å². The van der Waals surface area contributed by atoms with Crippen LogP contribution in [0.25, 0.3) is 0 Å². The summed E-state index contributed by atoms with van der Waals surface area (Å²) in [6.45, 7) is 0. The summed E-state index contributed by atoms with van der Waals surface area (Å²) in [5.41, 5.74) is -7.25. The summed E-state index contributed by atoms with van der Waals surface area (Å²) in [5.74, 6) is -1.52. The molecule has 0 aliphatic carbocycles. The van der Waals surface area contributed by atoms with E-state index in [1.54, 1.807) is 0 Å². The van der Waals surface area contributed by atoms with E-state index in [1.165, 1.54) is 0 Å². The first-order valence-corrected chi connectivity index (χ1v) is 7.48. The van der Waals surface area contributed by atoms with Crippen molar-refractivity contribution in [3.63, 3.8) is 0 Å². The molecule has 0 saturated heterocycles. The zero-order valence-corrected chi connectivity index (χ0v) is 11.0. The number of hydrogen-bond acceptors (Lipinski definition) is 6. The van der Waals surface area contributed by atoms with Crippen LogP contribution in [0, 0.1) is 0 Å². The van der Waals surface area contributed by atoms with Crippen molar-refractivity contribution in [2.45, 2.75) is 20.8 Å². The number of nitrogen functional groups attached to an aromatic ring is 1. The maximum absolute atomic E-state index is 12.4. The summed E-state index contributed by atoms with van der Waals surface area (Å²) in [6, 6.07) is -0.0300. The van der Waals surface area contributed by atoms with Crippen LogP contribution >= 0.6 is 0 Å². The number of nitrogens with zero attached hydrogens (tertiary/aromatic N) is 1. The minimum absolute atomic E-state index is 0.0300. The van der Waals surface area contributed by atoms with Gasteiger partial charge in [0, 0.05) is 6.20 Å². The van der Waals surface area contributed by atoms with Crippen LogP contribution in [0.1, 0.15) is 0 Å². The lowest BCUT2D eigenvalue weighted by atomic mass is 10.5. The van der Waals surface area contributed by atoms with Crippen LogP contribution in [0.2, 0.25) is 0 Å².